The maximum absolute atomic E-state index is 12.9. The topological polar surface area (TPSA) is 148 Å². The molecule has 0 aliphatic rings. The molecular weight excluding hydrogens is 474 g/mol. The maximum atomic E-state index is 12.9. The van der Waals surface area contributed by atoms with Gasteiger partial charge in [-0.05, 0) is 55.5 Å². The maximum Gasteiger partial charge on any atom is 0.277 e. The van der Waals surface area contributed by atoms with Gasteiger partial charge in [-0.3, -0.25) is 35.1 Å². The summed E-state index contributed by atoms with van der Waals surface area (Å²) in [5.74, 6) is -1.05. The van der Waals surface area contributed by atoms with Gasteiger partial charge in [0.1, 0.15) is 0 Å². The lowest BCUT2D eigenvalue weighted by Crippen LogP contribution is -2.34. The molecular formula is C23H19N5O6S. The number of non-ortho nitro benzene ring substituents is 2. The smallest absolute Gasteiger partial charge is 0.277 e. The molecule has 0 heterocycles. The van der Waals surface area contributed by atoms with E-state index in [0.717, 1.165) is 23.9 Å². The Morgan fingerprint density at radius 1 is 0.886 bits per heavy atom. The van der Waals surface area contributed by atoms with Gasteiger partial charge in [0.2, 0.25) is 0 Å². The number of para-hydroxylation sites is 1. The first-order chi connectivity index (χ1) is 16.7. The molecule has 178 valence electrons. The van der Waals surface area contributed by atoms with Crippen molar-refractivity contribution in [3.05, 3.63) is 104 Å². The second kappa shape index (κ2) is 10.9. The molecule has 0 radical (unpaired) electrons. The van der Waals surface area contributed by atoms with Crippen molar-refractivity contribution in [1.29, 1.82) is 0 Å². The Labute approximate surface area is 204 Å². The normalized spacial score (nSPS) is 10.2. The third-order valence-electron chi connectivity index (χ3n) is 4.83. The van der Waals surface area contributed by atoms with Crippen LogP contribution >= 0.6 is 12.2 Å². The van der Waals surface area contributed by atoms with Crippen LogP contribution in [0.15, 0.2) is 72.8 Å². The number of nitro groups is 2. The predicted octanol–water partition coefficient (Wildman–Crippen LogP) is 4.30. The quantitative estimate of drug-likeness (QED) is 0.281. The summed E-state index contributed by atoms with van der Waals surface area (Å²) in [5, 5.41) is 27.0. The third kappa shape index (κ3) is 6.21. The van der Waals surface area contributed by atoms with Gasteiger partial charge in [-0.1, -0.05) is 18.2 Å². The van der Waals surface area contributed by atoms with Crippen molar-refractivity contribution in [1.82, 2.24) is 5.32 Å². The van der Waals surface area contributed by atoms with E-state index in [4.69, 9.17) is 12.2 Å². The SMILES string of the molecule is CCN(C(=O)c1ccc(NC(=S)NC(=O)c2cc([N+](=O)[O-])cc([N+](=O)[O-])c2)cc1)c1ccccc1. The number of amides is 2. The summed E-state index contributed by atoms with van der Waals surface area (Å²) in [6.07, 6.45) is 0. The minimum atomic E-state index is -0.859. The molecule has 0 aromatic heterocycles. The van der Waals surface area contributed by atoms with Crippen LogP contribution in [0, 0.1) is 20.2 Å². The molecule has 0 bridgehead atoms. The highest BCUT2D eigenvalue weighted by Gasteiger charge is 2.21. The van der Waals surface area contributed by atoms with Gasteiger partial charge >= 0.3 is 0 Å². The molecule has 0 spiro atoms. The molecule has 35 heavy (non-hydrogen) atoms. The first kappa shape index (κ1) is 24.9. The predicted molar refractivity (Wildman–Crippen MR) is 134 cm³/mol. The van der Waals surface area contributed by atoms with Gasteiger partial charge in [-0.25, -0.2) is 0 Å². The molecule has 0 atom stereocenters. The molecule has 2 amide bonds. The molecule has 0 aliphatic heterocycles. The van der Waals surface area contributed by atoms with Crippen LogP contribution in [0.2, 0.25) is 0 Å². The first-order valence-electron chi connectivity index (χ1n) is 10.2. The van der Waals surface area contributed by atoms with Crippen molar-refractivity contribution >= 4 is 51.9 Å². The summed E-state index contributed by atoms with van der Waals surface area (Å²) < 4.78 is 0. The molecule has 0 fully saturated rings. The number of benzene rings is 3. The van der Waals surface area contributed by atoms with Crippen LogP contribution in [-0.2, 0) is 0 Å². The molecule has 0 saturated carbocycles. The fourth-order valence-electron chi connectivity index (χ4n) is 3.18. The Morgan fingerprint density at radius 2 is 1.46 bits per heavy atom. The van der Waals surface area contributed by atoms with E-state index < -0.39 is 27.1 Å². The molecule has 0 aliphatic carbocycles. The third-order valence-corrected chi connectivity index (χ3v) is 5.04. The highest BCUT2D eigenvalue weighted by Crippen LogP contribution is 2.23. The number of nitro benzene ring substituents is 2. The van der Waals surface area contributed by atoms with Gasteiger partial charge < -0.3 is 10.2 Å². The van der Waals surface area contributed by atoms with Gasteiger partial charge in [0.25, 0.3) is 23.2 Å². The fraction of sp³-hybridized carbons (Fsp3) is 0.0870. The number of rotatable bonds is 7. The Bertz CT molecular complexity index is 1270. The Balaban J connectivity index is 1.68. The molecule has 2 N–H and O–H groups in total. The van der Waals surface area contributed by atoms with Crippen LogP contribution in [0.25, 0.3) is 0 Å². The molecule has 3 aromatic rings. The molecule has 3 rings (SSSR count). The van der Waals surface area contributed by atoms with E-state index in [2.05, 4.69) is 10.6 Å². The van der Waals surface area contributed by atoms with Crippen LogP contribution in [0.1, 0.15) is 27.6 Å². The lowest BCUT2D eigenvalue weighted by atomic mass is 10.1. The van der Waals surface area contributed by atoms with E-state index in [0.29, 0.717) is 17.8 Å². The van der Waals surface area contributed by atoms with E-state index in [9.17, 15) is 29.8 Å². The van der Waals surface area contributed by atoms with Gasteiger partial charge in [-0.2, -0.15) is 0 Å². The molecule has 12 heteroatoms. The van der Waals surface area contributed by atoms with Gasteiger partial charge in [0.05, 0.1) is 21.5 Å². The summed E-state index contributed by atoms with van der Waals surface area (Å²) in [5.41, 5.74) is 0.198. The van der Waals surface area contributed by atoms with E-state index in [-0.39, 0.29) is 16.6 Å². The number of thiocarbonyl (C=S) groups is 1. The van der Waals surface area contributed by atoms with Crippen molar-refractivity contribution in [3.63, 3.8) is 0 Å². The van der Waals surface area contributed by atoms with Crippen LogP contribution in [-0.4, -0.2) is 33.3 Å². The van der Waals surface area contributed by atoms with Crippen LogP contribution in [0.4, 0.5) is 22.7 Å². The summed E-state index contributed by atoms with van der Waals surface area (Å²) in [6.45, 7) is 2.35. The average Bonchev–Trinajstić information content (AvgIpc) is 2.85. The Kier molecular flexibility index (Phi) is 7.79. The van der Waals surface area contributed by atoms with Crippen molar-refractivity contribution in [2.45, 2.75) is 6.92 Å². The van der Waals surface area contributed by atoms with Crippen molar-refractivity contribution in [2.75, 3.05) is 16.8 Å². The highest BCUT2D eigenvalue weighted by molar-refractivity contribution is 7.80. The van der Waals surface area contributed by atoms with Gasteiger partial charge in [0.15, 0.2) is 5.11 Å². The standard InChI is InChI=1S/C23H19N5O6S/c1-2-26(18-6-4-3-5-7-18)22(30)15-8-10-17(11-9-15)24-23(35)25-21(29)16-12-19(27(31)32)14-20(13-16)28(33)34/h3-14H,2H2,1H3,(H2,24,25,29,35). The fourth-order valence-corrected chi connectivity index (χ4v) is 3.39. The number of carbonyl (C=O) groups excluding carboxylic acids is 2. The zero-order valence-electron chi connectivity index (χ0n) is 18.3. The number of nitrogens with zero attached hydrogens (tertiary/aromatic N) is 3. The highest BCUT2D eigenvalue weighted by atomic mass is 32.1. The lowest BCUT2D eigenvalue weighted by molar-refractivity contribution is -0.394. The van der Waals surface area contributed by atoms with Crippen LogP contribution in [0.5, 0.6) is 0 Å². The van der Waals surface area contributed by atoms with Crippen molar-refractivity contribution in [3.8, 4) is 0 Å². The van der Waals surface area contributed by atoms with Crippen molar-refractivity contribution < 1.29 is 19.4 Å². The van der Waals surface area contributed by atoms with Crippen LogP contribution < -0.4 is 15.5 Å². The zero-order chi connectivity index (χ0) is 25.5. The molecule has 0 saturated heterocycles. The summed E-state index contributed by atoms with van der Waals surface area (Å²) in [7, 11) is 0. The van der Waals surface area contributed by atoms with E-state index >= 15 is 0 Å². The zero-order valence-corrected chi connectivity index (χ0v) is 19.2. The lowest BCUT2D eigenvalue weighted by Gasteiger charge is -2.21. The van der Waals surface area contributed by atoms with Crippen LogP contribution in [0.3, 0.4) is 0 Å². The number of anilines is 2. The second-order valence-corrected chi connectivity index (χ2v) is 7.53. The van der Waals surface area contributed by atoms with E-state index in [1.54, 1.807) is 29.2 Å². The first-order valence-corrected chi connectivity index (χ1v) is 10.6. The number of hydrogen-bond donors (Lipinski definition) is 2. The average molecular weight is 494 g/mol. The summed E-state index contributed by atoms with van der Waals surface area (Å²) in [4.78, 5) is 47.3. The summed E-state index contributed by atoms with van der Waals surface area (Å²) >= 11 is 5.10. The number of carbonyl (C=O) groups is 2. The van der Waals surface area contributed by atoms with E-state index in [1.807, 2.05) is 37.3 Å². The minimum Gasteiger partial charge on any atom is -0.332 e. The van der Waals surface area contributed by atoms with Crippen molar-refractivity contribution in [2.24, 2.45) is 0 Å². The minimum absolute atomic E-state index is 0.136. The van der Waals surface area contributed by atoms with Gasteiger partial charge in [0, 0.05) is 35.6 Å². The summed E-state index contributed by atoms with van der Waals surface area (Å²) in [6, 6.07) is 18.2. The monoisotopic (exact) mass is 493 g/mol. The number of nitrogens with one attached hydrogen (secondary N) is 2. The molecule has 11 nitrogen and oxygen atoms in total. The Morgan fingerprint density at radius 3 is 1.97 bits per heavy atom. The molecule has 0 unspecified atom stereocenters. The number of hydrogen-bond acceptors (Lipinski definition) is 7. The van der Waals surface area contributed by atoms with Gasteiger partial charge in [-0.15, -0.1) is 0 Å². The largest absolute Gasteiger partial charge is 0.332 e. The van der Waals surface area contributed by atoms with E-state index in [1.165, 1.54) is 0 Å². The molecule has 3 aromatic carbocycles. The second-order valence-electron chi connectivity index (χ2n) is 7.12. The Hall–Kier alpha value is -4.71.